The fraction of sp³-hybridized carbons (Fsp3) is 0.381. The molecular formula is C21H26FNO4. The van der Waals surface area contributed by atoms with Crippen molar-refractivity contribution in [2.45, 2.75) is 51.9 Å². The molecule has 1 aromatic carbocycles. The predicted octanol–water partition coefficient (Wildman–Crippen LogP) is 3.78. The van der Waals surface area contributed by atoms with Gasteiger partial charge >= 0.3 is 5.97 Å². The first-order valence-corrected chi connectivity index (χ1v) is 8.92. The summed E-state index contributed by atoms with van der Waals surface area (Å²) < 4.78 is 15.4. The topological polar surface area (TPSA) is 82.7 Å². The van der Waals surface area contributed by atoms with Crippen LogP contribution in [-0.4, -0.2) is 38.1 Å². The van der Waals surface area contributed by atoms with Crippen LogP contribution in [0.25, 0.3) is 17.2 Å². The molecule has 2 aromatic rings. The summed E-state index contributed by atoms with van der Waals surface area (Å²) in [7, 11) is 0. The van der Waals surface area contributed by atoms with E-state index >= 15 is 0 Å². The van der Waals surface area contributed by atoms with Crippen LogP contribution in [-0.2, 0) is 4.79 Å². The zero-order chi connectivity index (χ0) is 20.1. The predicted molar refractivity (Wildman–Crippen MR) is 103 cm³/mol. The largest absolute Gasteiger partial charge is 0.481 e. The Morgan fingerprint density at radius 1 is 1.22 bits per heavy atom. The van der Waals surface area contributed by atoms with Crippen LogP contribution in [0.1, 0.15) is 44.0 Å². The summed E-state index contributed by atoms with van der Waals surface area (Å²) >= 11 is 0. The van der Waals surface area contributed by atoms with Crippen LogP contribution < -0.4 is 0 Å². The first kappa shape index (κ1) is 20.9. The number of benzene rings is 1. The van der Waals surface area contributed by atoms with Crippen LogP contribution in [0.4, 0.5) is 4.39 Å². The van der Waals surface area contributed by atoms with Crippen molar-refractivity contribution in [2.75, 3.05) is 0 Å². The van der Waals surface area contributed by atoms with Crippen LogP contribution in [0, 0.1) is 12.7 Å². The number of aliphatic hydroxyl groups excluding tert-OH is 2. The molecule has 146 valence electrons. The Labute approximate surface area is 158 Å². The number of aromatic nitrogens is 1. The molecule has 0 aliphatic rings. The molecule has 5 nitrogen and oxygen atoms in total. The Balaban J connectivity index is 2.31. The molecule has 1 aromatic heterocycles. The van der Waals surface area contributed by atoms with Crippen molar-refractivity contribution in [3.05, 3.63) is 53.6 Å². The summed E-state index contributed by atoms with van der Waals surface area (Å²) in [5.41, 5.74) is 3.66. The summed E-state index contributed by atoms with van der Waals surface area (Å²) in [5, 5.41) is 28.5. The monoisotopic (exact) mass is 375 g/mol. The van der Waals surface area contributed by atoms with E-state index < -0.39 is 24.6 Å². The molecule has 0 amide bonds. The normalized spacial score (nSPS) is 14.0. The van der Waals surface area contributed by atoms with E-state index in [-0.39, 0.29) is 18.3 Å². The number of halogens is 1. The van der Waals surface area contributed by atoms with Crippen LogP contribution in [0.3, 0.4) is 0 Å². The lowest BCUT2D eigenvalue weighted by Crippen LogP contribution is -2.19. The third-order valence-electron chi connectivity index (χ3n) is 4.46. The molecule has 2 rings (SSSR count). The maximum absolute atomic E-state index is 13.3. The quantitative estimate of drug-likeness (QED) is 0.656. The van der Waals surface area contributed by atoms with Crippen molar-refractivity contribution in [3.63, 3.8) is 0 Å². The lowest BCUT2D eigenvalue weighted by molar-refractivity contribution is -0.139. The van der Waals surface area contributed by atoms with Gasteiger partial charge in [-0.15, -0.1) is 0 Å². The molecule has 6 heteroatoms. The Morgan fingerprint density at radius 3 is 2.41 bits per heavy atom. The summed E-state index contributed by atoms with van der Waals surface area (Å²) in [4.78, 5) is 10.6. The highest BCUT2D eigenvalue weighted by atomic mass is 19.1. The molecule has 0 radical (unpaired) electrons. The average Bonchev–Trinajstić information content (AvgIpc) is 2.89. The fourth-order valence-electron chi connectivity index (χ4n) is 3.10. The van der Waals surface area contributed by atoms with Crippen LogP contribution in [0.2, 0.25) is 0 Å². The molecule has 0 unspecified atom stereocenters. The first-order chi connectivity index (χ1) is 12.7. The number of carboxylic acids is 1. The second kappa shape index (κ2) is 8.97. The van der Waals surface area contributed by atoms with Crippen molar-refractivity contribution < 1.29 is 24.5 Å². The fourth-order valence-corrected chi connectivity index (χ4v) is 3.10. The van der Waals surface area contributed by atoms with Gasteiger partial charge in [-0.05, 0) is 38.5 Å². The van der Waals surface area contributed by atoms with Gasteiger partial charge in [-0.1, -0.05) is 24.3 Å². The number of hydrogen-bond acceptors (Lipinski definition) is 3. The van der Waals surface area contributed by atoms with Gasteiger partial charge in [0.05, 0.1) is 18.6 Å². The molecule has 0 bridgehead atoms. The highest BCUT2D eigenvalue weighted by molar-refractivity contribution is 5.77. The van der Waals surface area contributed by atoms with Gasteiger partial charge in [-0.3, -0.25) is 4.79 Å². The molecule has 3 N–H and O–H groups in total. The van der Waals surface area contributed by atoms with E-state index in [1.54, 1.807) is 24.3 Å². The van der Waals surface area contributed by atoms with Gasteiger partial charge in [0.2, 0.25) is 0 Å². The molecule has 0 spiro atoms. The number of aliphatic carboxylic acids is 1. The number of carbonyl (C=O) groups is 1. The van der Waals surface area contributed by atoms with E-state index in [1.807, 2.05) is 13.1 Å². The molecule has 2 atom stereocenters. The van der Waals surface area contributed by atoms with Gasteiger partial charge < -0.3 is 19.9 Å². The Kier molecular flexibility index (Phi) is 6.93. The average molecular weight is 375 g/mol. The van der Waals surface area contributed by atoms with Crippen LogP contribution in [0.5, 0.6) is 0 Å². The lowest BCUT2D eigenvalue weighted by atomic mass is 10.0. The molecule has 0 saturated heterocycles. The molecule has 0 aliphatic carbocycles. The second-order valence-electron chi connectivity index (χ2n) is 6.96. The Hall–Kier alpha value is -2.44. The van der Waals surface area contributed by atoms with E-state index in [0.717, 1.165) is 22.4 Å². The smallest absolute Gasteiger partial charge is 0.305 e. The summed E-state index contributed by atoms with van der Waals surface area (Å²) in [6.45, 7) is 6.09. The highest BCUT2D eigenvalue weighted by Gasteiger charge is 2.16. The second-order valence-corrected chi connectivity index (χ2v) is 6.96. The minimum Gasteiger partial charge on any atom is -0.481 e. The van der Waals surface area contributed by atoms with E-state index in [0.29, 0.717) is 0 Å². The third-order valence-corrected chi connectivity index (χ3v) is 4.46. The zero-order valence-corrected chi connectivity index (χ0v) is 15.8. The number of hydrogen-bond donors (Lipinski definition) is 3. The van der Waals surface area contributed by atoms with Crippen molar-refractivity contribution in [1.82, 2.24) is 4.57 Å². The first-order valence-electron chi connectivity index (χ1n) is 8.92. The molecule has 0 aliphatic heterocycles. The number of rotatable bonds is 8. The Bertz CT molecular complexity index is 808. The van der Waals surface area contributed by atoms with Crippen LogP contribution >= 0.6 is 0 Å². The number of aliphatic hydroxyl groups is 2. The van der Waals surface area contributed by atoms with E-state index in [1.165, 1.54) is 12.1 Å². The van der Waals surface area contributed by atoms with Crippen molar-refractivity contribution in [1.29, 1.82) is 0 Å². The van der Waals surface area contributed by atoms with Crippen molar-refractivity contribution >= 4 is 12.0 Å². The third kappa shape index (κ3) is 5.52. The van der Waals surface area contributed by atoms with Gasteiger partial charge in [0.25, 0.3) is 0 Å². The maximum atomic E-state index is 13.3. The zero-order valence-electron chi connectivity index (χ0n) is 15.8. The SMILES string of the molecule is Cc1c(/C=C/[C@H](O)C[C@H](O)CC(=O)O)c(-c2ccc(F)cc2)cn1C(C)C. The molecule has 1 heterocycles. The maximum Gasteiger partial charge on any atom is 0.305 e. The number of carboxylic acid groups (broad SMARTS) is 1. The van der Waals surface area contributed by atoms with E-state index in [9.17, 15) is 19.4 Å². The number of nitrogens with zero attached hydrogens (tertiary/aromatic N) is 1. The van der Waals surface area contributed by atoms with Crippen molar-refractivity contribution in [3.8, 4) is 11.1 Å². The minimum absolute atomic E-state index is 0.0569. The summed E-state index contributed by atoms with van der Waals surface area (Å²) in [6.07, 6.45) is 2.77. The van der Waals surface area contributed by atoms with Gasteiger partial charge in [0, 0.05) is 35.5 Å². The summed E-state index contributed by atoms with van der Waals surface area (Å²) in [5.74, 6) is -1.42. The highest BCUT2D eigenvalue weighted by Crippen LogP contribution is 2.31. The Morgan fingerprint density at radius 2 is 1.85 bits per heavy atom. The molecule has 0 saturated carbocycles. The molecule has 0 fully saturated rings. The minimum atomic E-state index is -1.11. The van der Waals surface area contributed by atoms with Gasteiger partial charge in [-0.2, -0.15) is 0 Å². The molecular weight excluding hydrogens is 349 g/mol. The van der Waals surface area contributed by atoms with Gasteiger partial charge in [-0.25, -0.2) is 4.39 Å². The van der Waals surface area contributed by atoms with Crippen LogP contribution in [0.15, 0.2) is 36.5 Å². The van der Waals surface area contributed by atoms with Crippen molar-refractivity contribution in [2.24, 2.45) is 0 Å². The van der Waals surface area contributed by atoms with E-state index in [2.05, 4.69) is 18.4 Å². The molecule has 27 heavy (non-hydrogen) atoms. The summed E-state index contributed by atoms with van der Waals surface area (Å²) in [6, 6.07) is 6.45. The van der Waals surface area contributed by atoms with E-state index in [4.69, 9.17) is 5.11 Å². The van der Waals surface area contributed by atoms with Gasteiger partial charge in [0.1, 0.15) is 5.82 Å². The van der Waals surface area contributed by atoms with Gasteiger partial charge in [0.15, 0.2) is 0 Å². The standard InChI is InChI=1S/C21H26FNO4/c1-13(2)23-12-20(15-4-6-16(22)7-5-15)19(14(23)3)9-8-17(24)10-18(25)11-21(26)27/h4-9,12-13,17-18,24-25H,10-11H2,1-3H3,(H,26,27)/b9-8+/t17-,18-/m0/s1. The lowest BCUT2D eigenvalue weighted by Gasteiger charge is -2.11.